The van der Waals surface area contributed by atoms with Gasteiger partial charge in [0.15, 0.2) is 0 Å². The number of likely N-dealkylation sites (tertiary alicyclic amines) is 2. The maximum atomic E-state index is 13.5. The molecule has 7 rings (SSSR count). The van der Waals surface area contributed by atoms with Gasteiger partial charge in [0.05, 0.1) is 41.3 Å². The van der Waals surface area contributed by atoms with E-state index < -0.39 is 12.1 Å². The molecule has 2 saturated heterocycles. The minimum atomic E-state index is -0.684. The van der Waals surface area contributed by atoms with Crippen molar-refractivity contribution in [1.29, 1.82) is 0 Å². The molecule has 2 aromatic heterocycles. The zero-order valence-corrected chi connectivity index (χ0v) is 29.1. The maximum absolute atomic E-state index is 13.5. The molecule has 50 heavy (non-hydrogen) atoms. The number of fused-ring (bicyclic) bond motifs is 2. The number of carbonyl (C=O) groups is 3. The smallest absolute Gasteiger partial charge is 0.407 e. The van der Waals surface area contributed by atoms with Gasteiger partial charge in [-0.1, -0.05) is 45.0 Å². The molecule has 3 atom stereocenters. The minimum Gasteiger partial charge on any atom is -0.453 e. The van der Waals surface area contributed by atoms with E-state index in [9.17, 15) is 14.4 Å². The molecule has 4 N–H and O–H groups in total. The Balaban J connectivity index is 1.05. The quantitative estimate of drug-likeness (QED) is 0.182. The molecule has 4 heterocycles. The molecule has 0 radical (unpaired) electrons. The van der Waals surface area contributed by atoms with Crippen LogP contribution in [-0.2, 0) is 9.53 Å². The van der Waals surface area contributed by atoms with Crippen molar-refractivity contribution in [2.24, 2.45) is 5.92 Å². The molecule has 262 valence electrons. The predicted molar refractivity (Wildman–Crippen MR) is 190 cm³/mol. The summed E-state index contributed by atoms with van der Waals surface area (Å²) in [6.07, 6.45) is 8.62. The second-order valence-corrected chi connectivity index (χ2v) is 14.1. The summed E-state index contributed by atoms with van der Waals surface area (Å²) < 4.78 is 4.76. The summed E-state index contributed by atoms with van der Waals surface area (Å²) in [4.78, 5) is 59.0. The van der Waals surface area contributed by atoms with Gasteiger partial charge in [0.25, 0.3) is 0 Å². The van der Waals surface area contributed by atoms with Gasteiger partial charge in [0, 0.05) is 30.3 Å². The number of imidazole rings is 2. The number of aromatic amines is 2. The Hall–Kier alpha value is -5.05. The number of amides is 4. The van der Waals surface area contributed by atoms with Crippen LogP contribution >= 0.6 is 0 Å². The van der Waals surface area contributed by atoms with E-state index in [0.717, 1.165) is 89.9 Å². The van der Waals surface area contributed by atoms with E-state index in [1.165, 1.54) is 26.4 Å². The SMILES string of the molecule is COC(=O)N[C@H](C(=O)N1CCC[C@H]1c1nc2ccc(C#Cc3ccc4nc([C@@H]5CCCN5C(=O)NC5CCCCC5)[nH]c4c3)cc2[nH]1)C(C)C. The van der Waals surface area contributed by atoms with Gasteiger partial charge in [0.1, 0.15) is 17.7 Å². The number of hydrogen-bond donors (Lipinski definition) is 4. The van der Waals surface area contributed by atoms with E-state index in [2.05, 4.69) is 32.4 Å². The zero-order valence-electron chi connectivity index (χ0n) is 29.1. The highest BCUT2D eigenvalue weighted by atomic mass is 16.5. The number of hydrogen-bond acceptors (Lipinski definition) is 6. The third-order valence-corrected chi connectivity index (χ3v) is 10.4. The minimum absolute atomic E-state index is 0.0227. The van der Waals surface area contributed by atoms with Crippen LogP contribution in [0, 0.1) is 17.8 Å². The van der Waals surface area contributed by atoms with Crippen LogP contribution in [0.1, 0.15) is 106 Å². The van der Waals surface area contributed by atoms with Gasteiger partial charge in [-0.3, -0.25) is 4.79 Å². The van der Waals surface area contributed by atoms with Crippen LogP contribution in [0.2, 0.25) is 0 Å². The monoisotopic (exact) mass is 678 g/mol. The Morgan fingerprint density at radius 3 is 1.92 bits per heavy atom. The fraction of sp³-hybridized carbons (Fsp3) is 0.500. The Morgan fingerprint density at radius 2 is 1.36 bits per heavy atom. The van der Waals surface area contributed by atoms with Crippen molar-refractivity contribution in [3.8, 4) is 11.8 Å². The Morgan fingerprint density at radius 1 is 0.800 bits per heavy atom. The van der Waals surface area contributed by atoms with Gasteiger partial charge in [-0.2, -0.15) is 0 Å². The highest BCUT2D eigenvalue weighted by Gasteiger charge is 2.38. The number of rotatable bonds is 6. The van der Waals surface area contributed by atoms with Crippen molar-refractivity contribution < 1.29 is 19.1 Å². The fourth-order valence-corrected chi connectivity index (χ4v) is 7.67. The number of nitrogens with one attached hydrogen (secondary N) is 4. The Bertz CT molecular complexity index is 1950. The van der Waals surface area contributed by atoms with Crippen LogP contribution in [0.25, 0.3) is 22.1 Å². The molecule has 2 aromatic carbocycles. The predicted octanol–water partition coefficient (Wildman–Crippen LogP) is 6.06. The van der Waals surface area contributed by atoms with E-state index in [1.807, 2.05) is 60.0 Å². The third-order valence-electron chi connectivity index (χ3n) is 10.4. The molecule has 0 spiro atoms. The van der Waals surface area contributed by atoms with Crippen molar-refractivity contribution in [2.75, 3.05) is 20.2 Å². The average molecular weight is 679 g/mol. The summed E-state index contributed by atoms with van der Waals surface area (Å²) in [6.45, 7) is 5.15. The van der Waals surface area contributed by atoms with E-state index >= 15 is 0 Å². The molecule has 1 saturated carbocycles. The first-order valence-electron chi connectivity index (χ1n) is 18.0. The number of carbonyl (C=O) groups excluding carboxylic acids is 3. The zero-order chi connectivity index (χ0) is 34.8. The standard InChI is InChI=1S/C38H46N8O4/c1-23(2)33(44-38(49)50-3)36(47)45-19-7-11-31(45)34-40-27-17-15-24(21-29(27)42-34)13-14-25-16-18-28-30(22-25)43-35(41-28)32-12-8-20-46(32)37(48)39-26-9-5-4-6-10-26/h15-18,21-23,26,31-33H,4-12,19-20H2,1-3H3,(H,39,48)(H,40,42)(H,41,43)(H,44,49)/t31-,32-,33-/m0/s1. The second-order valence-electron chi connectivity index (χ2n) is 14.1. The Labute approximate surface area is 292 Å². The van der Waals surface area contributed by atoms with Gasteiger partial charge in [0.2, 0.25) is 5.91 Å². The number of alkyl carbamates (subject to hydrolysis) is 1. The summed E-state index contributed by atoms with van der Waals surface area (Å²) in [5.74, 6) is 7.89. The normalized spacial score (nSPS) is 20.2. The lowest BCUT2D eigenvalue weighted by Gasteiger charge is -2.29. The number of benzene rings is 2. The number of nitrogens with zero attached hydrogens (tertiary/aromatic N) is 4. The molecule has 0 unspecified atom stereocenters. The van der Waals surface area contributed by atoms with Gasteiger partial charge in [-0.15, -0.1) is 0 Å². The van der Waals surface area contributed by atoms with Crippen molar-refractivity contribution in [1.82, 2.24) is 40.4 Å². The highest BCUT2D eigenvalue weighted by molar-refractivity contribution is 5.87. The summed E-state index contributed by atoms with van der Waals surface area (Å²) >= 11 is 0. The lowest BCUT2D eigenvalue weighted by molar-refractivity contribution is -0.135. The first-order valence-corrected chi connectivity index (χ1v) is 18.0. The third kappa shape index (κ3) is 6.99. The van der Waals surface area contributed by atoms with Gasteiger partial charge >= 0.3 is 12.1 Å². The van der Waals surface area contributed by atoms with Crippen LogP contribution in [0.3, 0.4) is 0 Å². The molecule has 4 amide bonds. The van der Waals surface area contributed by atoms with Crippen molar-refractivity contribution in [2.45, 2.75) is 95.8 Å². The Kier molecular flexibility index (Phi) is 9.65. The van der Waals surface area contributed by atoms with Gasteiger partial charge < -0.3 is 35.1 Å². The van der Waals surface area contributed by atoms with E-state index in [-0.39, 0.29) is 36.0 Å². The number of urea groups is 1. The fourth-order valence-electron chi connectivity index (χ4n) is 7.67. The first kappa shape index (κ1) is 33.4. The summed E-state index contributed by atoms with van der Waals surface area (Å²) in [6, 6.07) is 11.2. The topological polar surface area (TPSA) is 148 Å². The van der Waals surface area contributed by atoms with Crippen molar-refractivity contribution in [3.05, 3.63) is 59.2 Å². The molecule has 12 nitrogen and oxygen atoms in total. The molecule has 3 fully saturated rings. The van der Waals surface area contributed by atoms with E-state index in [4.69, 9.17) is 14.7 Å². The molecule has 2 aliphatic heterocycles. The van der Waals surface area contributed by atoms with Crippen molar-refractivity contribution >= 4 is 40.1 Å². The van der Waals surface area contributed by atoms with Gasteiger partial charge in [-0.05, 0) is 80.8 Å². The molecule has 12 heteroatoms. The molecule has 4 aromatic rings. The first-order chi connectivity index (χ1) is 24.3. The van der Waals surface area contributed by atoms with Crippen LogP contribution in [0.15, 0.2) is 36.4 Å². The number of ether oxygens (including phenoxy) is 1. The van der Waals surface area contributed by atoms with Crippen LogP contribution in [0.4, 0.5) is 9.59 Å². The molecule has 0 bridgehead atoms. The number of methoxy groups -OCH3 is 1. The van der Waals surface area contributed by atoms with Crippen LogP contribution in [-0.4, -0.2) is 80.1 Å². The highest BCUT2D eigenvalue weighted by Crippen LogP contribution is 2.34. The number of H-pyrrole nitrogens is 2. The molecular formula is C38H46N8O4. The number of aromatic nitrogens is 4. The van der Waals surface area contributed by atoms with Crippen molar-refractivity contribution in [3.63, 3.8) is 0 Å². The lowest BCUT2D eigenvalue weighted by Crippen LogP contribution is -2.51. The summed E-state index contributed by atoms with van der Waals surface area (Å²) in [7, 11) is 1.29. The largest absolute Gasteiger partial charge is 0.453 e. The van der Waals surface area contributed by atoms with Crippen LogP contribution in [0.5, 0.6) is 0 Å². The van der Waals surface area contributed by atoms with Crippen LogP contribution < -0.4 is 10.6 Å². The lowest BCUT2D eigenvalue weighted by atomic mass is 9.96. The molecule has 3 aliphatic rings. The second kappa shape index (κ2) is 14.4. The molecule has 1 aliphatic carbocycles. The summed E-state index contributed by atoms with van der Waals surface area (Å²) in [5.41, 5.74) is 5.11. The average Bonchev–Trinajstić information content (AvgIpc) is 3.94. The molecular weight excluding hydrogens is 632 g/mol. The summed E-state index contributed by atoms with van der Waals surface area (Å²) in [5, 5.41) is 5.97. The van der Waals surface area contributed by atoms with E-state index in [1.54, 1.807) is 0 Å². The van der Waals surface area contributed by atoms with Gasteiger partial charge in [-0.25, -0.2) is 19.6 Å². The maximum Gasteiger partial charge on any atom is 0.407 e. The van der Waals surface area contributed by atoms with E-state index in [0.29, 0.717) is 6.54 Å².